The van der Waals surface area contributed by atoms with Crippen LogP contribution in [-0.4, -0.2) is 31.1 Å². The lowest BCUT2D eigenvalue weighted by atomic mass is 9.89. The van der Waals surface area contributed by atoms with Crippen LogP contribution in [0.25, 0.3) is 0 Å². The molecule has 3 rings (SSSR count). The zero-order chi connectivity index (χ0) is 17.5. The normalized spacial score (nSPS) is 21.1. The summed E-state index contributed by atoms with van der Waals surface area (Å²) in [6, 6.07) is 10.5. The summed E-state index contributed by atoms with van der Waals surface area (Å²) >= 11 is 1.71. The van der Waals surface area contributed by atoms with Crippen molar-refractivity contribution in [3.8, 4) is 0 Å². The van der Waals surface area contributed by atoms with Gasteiger partial charge in [-0.25, -0.2) is 4.98 Å². The van der Waals surface area contributed by atoms with Crippen LogP contribution in [0.2, 0.25) is 0 Å². The van der Waals surface area contributed by atoms with Gasteiger partial charge in [0.1, 0.15) is 5.01 Å². The second-order valence-corrected chi connectivity index (χ2v) is 7.60. The minimum absolute atomic E-state index is 0.155. The van der Waals surface area contributed by atoms with Crippen LogP contribution in [0.1, 0.15) is 34.4 Å². The van der Waals surface area contributed by atoms with Crippen LogP contribution in [0.4, 0.5) is 0 Å². The molecule has 2 unspecified atom stereocenters. The van der Waals surface area contributed by atoms with Gasteiger partial charge in [0.15, 0.2) is 5.96 Å². The topological polar surface area (TPSA) is 58.5 Å². The Labute approximate surface area is 153 Å². The van der Waals surface area contributed by atoms with Gasteiger partial charge in [-0.05, 0) is 25.3 Å². The van der Waals surface area contributed by atoms with Crippen molar-refractivity contribution in [1.82, 2.24) is 15.6 Å². The molecule has 2 atom stereocenters. The van der Waals surface area contributed by atoms with Gasteiger partial charge in [0.25, 0.3) is 0 Å². The fraction of sp³-hybridized carbons (Fsp3) is 0.474. The first-order valence-electron chi connectivity index (χ1n) is 8.78. The number of nitrogens with zero attached hydrogens (tertiary/aromatic N) is 2. The van der Waals surface area contributed by atoms with Crippen molar-refractivity contribution in [2.45, 2.75) is 32.4 Å². The molecule has 0 bridgehead atoms. The molecule has 0 aliphatic carbocycles. The molecular weight excluding hydrogens is 332 g/mol. The first-order chi connectivity index (χ1) is 12.3. The van der Waals surface area contributed by atoms with Crippen molar-refractivity contribution in [2.75, 3.05) is 20.2 Å². The maximum absolute atomic E-state index is 6.07. The average molecular weight is 359 g/mol. The van der Waals surface area contributed by atoms with Crippen LogP contribution in [0.3, 0.4) is 0 Å². The van der Waals surface area contributed by atoms with E-state index in [0.717, 1.165) is 37.0 Å². The smallest absolute Gasteiger partial charge is 0.191 e. The molecule has 2 heterocycles. The zero-order valence-electron chi connectivity index (χ0n) is 14.9. The minimum atomic E-state index is 0.155. The molecule has 6 heteroatoms. The number of hydrogen-bond acceptors (Lipinski definition) is 4. The van der Waals surface area contributed by atoms with E-state index in [1.54, 1.807) is 18.4 Å². The summed E-state index contributed by atoms with van der Waals surface area (Å²) in [4.78, 5) is 9.93. The molecule has 2 N–H and O–H groups in total. The van der Waals surface area contributed by atoms with E-state index in [4.69, 9.17) is 4.74 Å². The number of aryl methyl sites for hydroxylation is 1. The van der Waals surface area contributed by atoms with Crippen molar-refractivity contribution < 1.29 is 4.74 Å². The minimum Gasteiger partial charge on any atom is -0.373 e. The number of benzene rings is 1. The van der Waals surface area contributed by atoms with E-state index in [0.29, 0.717) is 12.5 Å². The number of hydrogen-bond donors (Lipinski definition) is 2. The highest BCUT2D eigenvalue weighted by Gasteiger charge is 2.27. The highest BCUT2D eigenvalue weighted by atomic mass is 32.1. The summed E-state index contributed by atoms with van der Waals surface area (Å²) in [7, 11) is 1.80. The Bertz CT molecular complexity index is 686. The summed E-state index contributed by atoms with van der Waals surface area (Å²) in [5.74, 6) is 1.25. The van der Waals surface area contributed by atoms with Crippen molar-refractivity contribution in [1.29, 1.82) is 0 Å². The van der Waals surface area contributed by atoms with Gasteiger partial charge in [0, 0.05) is 37.2 Å². The molecule has 1 aliphatic heterocycles. The first-order valence-corrected chi connectivity index (χ1v) is 9.60. The lowest BCUT2D eigenvalue weighted by Gasteiger charge is -2.32. The number of aliphatic imine (C=N–C) groups is 1. The predicted octanol–water partition coefficient (Wildman–Crippen LogP) is 3.28. The lowest BCUT2D eigenvalue weighted by molar-refractivity contribution is -0.0265. The van der Waals surface area contributed by atoms with Gasteiger partial charge in [-0.1, -0.05) is 30.3 Å². The molecule has 1 aromatic carbocycles. The van der Waals surface area contributed by atoms with Gasteiger partial charge in [-0.2, -0.15) is 0 Å². The van der Waals surface area contributed by atoms with Crippen LogP contribution < -0.4 is 10.6 Å². The fourth-order valence-electron chi connectivity index (χ4n) is 3.15. The van der Waals surface area contributed by atoms with Gasteiger partial charge in [-0.3, -0.25) is 4.99 Å². The van der Waals surface area contributed by atoms with Crippen LogP contribution in [0, 0.1) is 12.8 Å². The number of guanidine groups is 1. The molecule has 5 nitrogen and oxygen atoms in total. The van der Waals surface area contributed by atoms with Crippen LogP contribution >= 0.6 is 11.3 Å². The molecule has 0 radical (unpaired) electrons. The summed E-state index contributed by atoms with van der Waals surface area (Å²) in [6.45, 7) is 4.45. The SMILES string of the molecule is CN=C(NCc1ncc(C)s1)NCC1CCCOC1c1ccccc1. The second-order valence-electron chi connectivity index (χ2n) is 6.28. The molecule has 134 valence electrons. The number of ether oxygens (including phenoxy) is 1. The van der Waals surface area contributed by atoms with Crippen LogP contribution in [0.5, 0.6) is 0 Å². The van der Waals surface area contributed by atoms with Crippen molar-refractivity contribution in [3.05, 3.63) is 52.0 Å². The van der Waals surface area contributed by atoms with Gasteiger partial charge in [0.05, 0.1) is 12.6 Å². The molecule has 0 saturated carbocycles. The van der Waals surface area contributed by atoms with Crippen molar-refractivity contribution >= 4 is 17.3 Å². The van der Waals surface area contributed by atoms with E-state index >= 15 is 0 Å². The summed E-state index contributed by atoms with van der Waals surface area (Å²) in [5, 5.41) is 7.86. The monoisotopic (exact) mass is 358 g/mol. The second kappa shape index (κ2) is 8.97. The lowest BCUT2D eigenvalue weighted by Crippen LogP contribution is -2.41. The molecule has 2 aromatic rings. The molecule has 0 spiro atoms. The predicted molar refractivity (Wildman–Crippen MR) is 103 cm³/mol. The largest absolute Gasteiger partial charge is 0.373 e. The van der Waals surface area contributed by atoms with E-state index in [-0.39, 0.29) is 6.10 Å². The first kappa shape index (κ1) is 17.9. The number of aromatic nitrogens is 1. The Balaban J connectivity index is 1.54. The molecule has 0 amide bonds. The third-order valence-corrected chi connectivity index (χ3v) is 5.32. The third kappa shape index (κ3) is 5.03. The number of nitrogens with one attached hydrogen (secondary N) is 2. The molecular formula is C19H26N4OS. The Hall–Kier alpha value is -1.92. The Kier molecular flexibility index (Phi) is 6.42. The Morgan fingerprint density at radius 1 is 1.32 bits per heavy atom. The summed E-state index contributed by atoms with van der Waals surface area (Å²) in [6.07, 6.45) is 4.33. The average Bonchev–Trinajstić information content (AvgIpc) is 3.08. The molecule has 25 heavy (non-hydrogen) atoms. The Morgan fingerprint density at radius 2 is 2.16 bits per heavy atom. The van der Waals surface area contributed by atoms with E-state index in [2.05, 4.69) is 51.8 Å². The standard InChI is InChI=1S/C19H26N4OS/c1-14-11-21-17(25-14)13-23-19(20-2)22-12-16-9-6-10-24-18(16)15-7-4-3-5-8-15/h3-5,7-8,11,16,18H,6,9-10,12-13H2,1-2H3,(H2,20,22,23). The van der Waals surface area contributed by atoms with Gasteiger partial charge in [-0.15, -0.1) is 11.3 Å². The summed E-state index contributed by atoms with van der Waals surface area (Å²) in [5.41, 5.74) is 1.26. The van der Waals surface area contributed by atoms with Gasteiger partial charge in [0.2, 0.25) is 0 Å². The van der Waals surface area contributed by atoms with E-state index < -0.39 is 0 Å². The molecule has 1 fully saturated rings. The zero-order valence-corrected chi connectivity index (χ0v) is 15.7. The highest BCUT2D eigenvalue weighted by molar-refractivity contribution is 7.11. The van der Waals surface area contributed by atoms with Crippen LogP contribution in [-0.2, 0) is 11.3 Å². The van der Waals surface area contributed by atoms with Gasteiger partial charge >= 0.3 is 0 Å². The fourth-order valence-corrected chi connectivity index (χ4v) is 3.88. The third-order valence-electron chi connectivity index (χ3n) is 4.40. The van der Waals surface area contributed by atoms with Gasteiger partial charge < -0.3 is 15.4 Å². The van der Waals surface area contributed by atoms with Crippen LogP contribution in [0.15, 0.2) is 41.5 Å². The van der Waals surface area contributed by atoms with E-state index in [1.165, 1.54) is 10.4 Å². The molecule has 1 saturated heterocycles. The summed E-state index contributed by atoms with van der Waals surface area (Å²) < 4.78 is 6.07. The Morgan fingerprint density at radius 3 is 2.88 bits per heavy atom. The molecule has 1 aliphatic rings. The van der Waals surface area contributed by atoms with Crippen molar-refractivity contribution in [3.63, 3.8) is 0 Å². The maximum Gasteiger partial charge on any atom is 0.191 e. The highest BCUT2D eigenvalue weighted by Crippen LogP contribution is 2.33. The van der Waals surface area contributed by atoms with Crippen molar-refractivity contribution in [2.24, 2.45) is 10.9 Å². The van der Waals surface area contributed by atoms with E-state index in [1.807, 2.05) is 12.3 Å². The maximum atomic E-state index is 6.07. The quantitative estimate of drug-likeness (QED) is 0.636. The number of thiazole rings is 1. The number of rotatable bonds is 5. The molecule has 1 aromatic heterocycles. The van der Waals surface area contributed by atoms with E-state index in [9.17, 15) is 0 Å².